The van der Waals surface area contributed by atoms with Gasteiger partial charge in [-0.25, -0.2) is 0 Å². The molecule has 0 atom stereocenters. The van der Waals surface area contributed by atoms with Crippen molar-refractivity contribution in [2.45, 2.75) is 38.3 Å². The standard InChI is InChI=1S/C23H24N4O3/c1-26-10-9-21(25-26)24-22(28)16-11-18-19(13-27(23(18)29)17-7-8-17)20(12-16)30-14-15-5-3-2-4-6-15/h2-3,5,9-12,17H,4,6-8,13-14H2,1H3,(H,24,25,28). The summed E-state index contributed by atoms with van der Waals surface area (Å²) in [4.78, 5) is 27.7. The van der Waals surface area contributed by atoms with E-state index in [1.807, 2.05) is 11.0 Å². The van der Waals surface area contributed by atoms with Crippen molar-refractivity contribution in [3.8, 4) is 5.75 Å². The van der Waals surface area contributed by atoms with Crippen molar-refractivity contribution in [2.24, 2.45) is 7.05 Å². The number of hydrogen-bond acceptors (Lipinski definition) is 4. The Morgan fingerprint density at radius 3 is 2.90 bits per heavy atom. The van der Waals surface area contributed by atoms with E-state index in [1.54, 1.807) is 36.1 Å². The number of nitrogens with zero attached hydrogens (tertiary/aromatic N) is 3. The quantitative estimate of drug-likeness (QED) is 0.800. The van der Waals surface area contributed by atoms with Crippen molar-refractivity contribution in [1.29, 1.82) is 0 Å². The minimum Gasteiger partial charge on any atom is -0.489 e. The number of aryl methyl sites for hydroxylation is 1. The van der Waals surface area contributed by atoms with Crippen molar-refractivity contribution in [1.82, 2.24) is 14.7 Å². The van der Waals surface area contributed by atoms with Crippen LogP contribution in [0.5, 0.6) is 5.75 Å². The first kappa shape index (κ1) is 18.7. The summed E-state index contributed by atoms with van der Waals surface area (Å²) < 4.78 is 7.77. The van der Waals surface area contributed by atoms with E-state index in [9.17, 15) is 9.59 Å². The maximum Gasteiger partial charge on any atom is 0.257 e. The van der Waals surface area contributed by atoms with Crippen LogP contribution in [0.3, 0.4) is 0 Å². The van der Waals surface area contributed by atoms with Crippen LogP contribution in [0, 0.1) is 0 Å². The molecule has 154 valence electrons. The third-order valence-corrected chi connectivity index (χ3v) is 5.75. The van der Waals surface area contributed by atoms with Gasteiger partial charge in [-0.2, -0.15) is 5.10 Å². The Hall–Kier alpha value is -3.35. The van der Waals surface area contributed by atoms with Gasteiger partial charge in [0.1, 0.15) is 12.4 Å². The fourth-order valence-corrected chi connectivity index (χ4v) is 3.95. The third-order valence-electron chi connectivity index (χ3n) is 5.75. The van der Waals surface area contributed by atoms with Gasteiger partial charge < -0.3 is 15.0 Å². The molecule has 2 heterocycles. The molecule has 1 saturated carbocycles. The van der Waals surface area contributed by atoms with Gasteiger partial charge in [-0.1, -0.05) is 18.2 Å². The number of ether oxygens (including phenoxy) is 1. The lowest BCUT2D eigenvalue weighted by Gasteiger charge is -2.15. The summed E-state index contributed by atoms with van der Waals surface area (Å²) in [6, 6.07) is 5.48. The lowest BCUT2D eigenvalue weighted by atomic mass is 10.0. The molecule has 1 N–H and O–H groups in total. The lowest BCUT2D eigenvalue weighted by Crippen LogP contribution is -2.26. The van der Waals surface area contributed by atoms with Crippen LogP contribution in [-0.2, 0) is 13.6 Å². The predicted molar refractivity (Wildman–Crippen MR) is 112 cm³/mol. The van der Waals surface area contributed by atoms with E-state index < -0.39 is 0 Å². The van der Waals surface area contributed by atoms with Crippen LogP contribution in [0.1, 0.15) is 52.0 Å². The topological polar surface area (TPSA) is 76.5 Å². The Morgan fingerprint density at radius 1 is 1.33 bits per heavy atom. The number of aromatic nitrogens is 2. The van der Waals surface area contributed by atoms with Gasteiger partial charge in [-0.3, -0.25) is 14.3 Å². The molecule has 0 saturated heterocycles. The number of carbonyl (C=O) groups excluding carboxylic acids is 2. The molecule has 2 aromatic rings. The predicted octanol–water partition coefficient (Wildman–Crippen LogP) is 3.45. The molecule has 1 aliphatic heterocycles. The number of rotatable bonds is 6. The molecule has 3 aliphatic rings. The number of benzene rings is 1. The number of carbonyl (C=O) groups is 2. The van der Waals surface area contributed by atoms with Gasteiger partial charge in [-0.15, -0.1) is 0 Å². The van der Waals surface area contributed by atoms with Gasteiger partial charge >= 0.3 is 0 Å². The molecule has 1 aromatic carbocycles. The summed E-state index contributed by atoms with van der Waals surface area (Å²) in [5, 5.41) is 6.98. The Morgan fingerprint density at radius 2 is 2.20 bits per heavy atom. The molecule has 1 aromatic heterocycles. The van der Waals surface area contributed by atoms with Crippen molar-refractivity contribution >= 4 is 17.6 Å². The zero-order valence-electron chi connectivity index (χ0n) is 16.9. The average Bonchev–Trinajstić information content (AvgIpc) is 3.44. The third kappa shape index (κ3) is 3.63. The molecular weight excluding hydrogens is 380 g/mol. The normalized spacial score (nSPS) is 17.7. The van der Waals surface area contributed by atoms with Crippen LogP contribution in [0.25, 0.3) is 0 Å². The Labute approximate surface area is 175 Å². The van der Waals surface area contributed by atoms with Crippen molar-refractivity contribution in [3.05, 3.63) is 64.9 Å². The molecule has 1 fully saturated rings. The van der Waals surface area contributed by atoms with Gasteiger partial charge in [0.05, 0.1) is 6.54 Å². The molecule has 2 aliphatic carbocycles. The van der Waals surface area contributed by atoms with Crippen LogP contribution < -0.4 is 10.1 Å². The summed E-state index contributed by atoms with van der Waals surface area (Å²) in [6.45, 7) is 1.01. The average molecular weight is 404 g/mol. The van der Waals surface area contributed by atoms with E-state index in [2.05, 4.69) is 22.6 Å². The van der Waals surface area contributed by atoms with Crippen LogP contribution in [0.2, 0.25) is 0 Å². The van der Waals surface area contributed by atoms with E-state index >= 15 is 0 Å². The maximum atomic E-state index is 13.0. The first-order valence-electron chi connectivity index (χ1n) is 10.3. The lowest BCUT2D eigenvalue weighted by molar-refractivity contribution is 0.0766. The molecule has 0 spiro atoms. The first-order valence-corrected chi connectivity index (χ1v) is 10.3. The second-order valence-electron chi connectivity index (χ2n) is 8.07. The molecular formula is C23H24N4O3. The Balaban J connectivity index is 1.44. The zero-order chi connectivity index (χ0) is 20.7. The summed E-state index contributed by atoms with van der Waals surface area (Å²) in [5.41, 5.74) is 3.06. The molecule has 5 rings (SSSR count). The largest absolute Gasteiger partial charge is 0.489 e. The van der Waals surface area contributed by atoms with Gasteiger partial charge in [0.25, 0.3) is 11.8 Å². The summed E-state index contributed by atoms with van der Waals surface area (Å²) in [6.07, 6.45) is 12.1. The van der Waals surface area contributed by atoms with Crippen LogP contribution in [0.4, 0.5) is 5.82 Å². The SMILES string of the molecule is Cn1ccc(NC(=O)c2cc(OCC3=CC=CCC3)c3c(c2)C(=O)N(C2CC2)C3)n1. The molecule has 7 heteroatoms. The first-order chi connectivity index (χ1) is 14.6. The fourth-order valence-electron chi connectivity index (χ4n) is 3.95. The summed E-state index contributed by atoms with van der Waals surface area (Å²) in [7, 11) is 1.79. The van der Waals surface area contributed by atoms with Crippen molar-refractivity contribution in [2.75, 3.05) is 11.9 Å². The highest BCUT2D eigenvalue weighted by molar-refractivity contribution is 6.07. The van der Waals surface area contributed by atoms with Crippen molar-refractivity contribution in [3.63, 3.8) is 0 Å². The summed E-state index contributed by atoms with van der Waals surface area (Å²) in [5.74, 6) is 0.768. The van der Waals surface area contributed by atoms with E-state index in [-0.39, 0.29) is 11.8 Å². The fraction of sp³-hybridized carbons (Fsp3) is 0.348. The van der Waals surface area contributed by atoms with E-state index in [1.165, 1.54) is 5.57 Å². The maximum absolute atomic E-state index is 13.0. The number of hydrogen-bond donors (Lipinski definition) is 1. The molecule has 0 bridgehead atoms. The van der Waals surface area contributed by atoms with E-state index in [0.29, 0.717) is 41.9 Å². The van der Waals surface area contributed by atoms with Gasteiger partial charge in [0.15, 0.2) is 5.82 Å². The zero-order valence-corrected chi connectivity index (χ0v) is 16.9. The van der Waals surface area contributed by atoms with Gasteiger partial charge in [-0.05, 0) is 43.4 Å². The Bertz CT molecular complexity index is 1080. The highest BCUT2D eigenvalue weighted by Gasteiger charge is 2.40. The highest BCUT2D eigenvalue weighted by atomic mass is 16.5. The number of amides is 2. The van der Waals surface area contributed by atoms with Crippen molar-refractivity contribution < 1.29 is 14.3 Å². The minimum atomic E-state index is -0.307. The van der Waals surface area contributed by atoms with E-state index in [0.717, 1.165) is 31.2 Å². The van der Waals surface area contributed by atoms with Crippen LogP contribution in [0.15, 0.2) is 48.2 Å². The van der Waals surface area contributed by atoms with Crippen LogP contribution in [-0.4, -0.2) is 39.1 Å². The summed E-state index contributed by atoms with van der Waals surface area (Å²) >= 11 is 0. The molecule has 2 amide bonds. The highest BCUT2D eigenvalue weighted by Crippen LogP contribution is 2.39. The number of allylic oxidation sites excluding steroid dienone is 3. The Kier molecular flexibility index (Phi) is 4.65. The van der Waals surface area contributed by atoms with E-state index in [4.69, 9.17) is 4.74 Å². The number of anilines is 1. The second-order valence-corrected chi connectivity index (χ2v) is 8.07. The second kappa shape index (κ2) is 7.48. The molecule has 0 unspecified atom stereocenters. The minimum absolute atomic E-state index is 0.00958. The smallest absolute Gasteiger partial charge is 0.257 e. The number of nitrogens with one attached hydrogen (secondary N) is 1. The van der Waals surface area contributed by atoms with Gasteiger partial charge in [0.2, 0.25) is 0 Å². The monoisotopic (exact) mass is 404 g/mol. The van der Waals surface area contributed by atoms with Gasteiger partial charge in [0, 0.05) is 42.0 Å². The number of fused-ring (bicyclic) bond motifs is 1. The molecule has 0 radical (unpaired) electrons. The molecule has 7 nitrogen and oxygen atoms in total. The molecule has 30 heavy (non-hydrogen) atoms. The van der Waals surface area contributed by atoms with Crippen LogP contribution >= 0.6 is 0 Å².